The van der Waals surface area contributed by atoms with Gasteiger partial charge in [-0.2, -0.15) is 0 Å². The summed E-state index contributed by atoms with van der Waals surface area (Å²) in [6.07, 6.45) is 10.1. The number of pyridine rings is 1. The molecule has 0 radical (unpaired) electrons. The molecule has 3 heterocycles. The van der Waals surface area contributed by atoms with E-state index in [1.54, 1.807) is 10.9 Å². The first kappa shape index (κ1) is 17.9. The van der Waals surface area contributed by atoms with E-state index in [9.17, 15) is 4.79 Å². The molecule has 2 aromatic heterocycles. The number of hydrogen-bond acceptors (Lipinski definition) is 4. The van der Waals surface area contributed by atoms with Gasteiger partial charge in [-0.3, -0.25) is 14.9 Å². The van der Waals surface area contributed by atoms with Gasteiger partial charge in [0.1, 0.15) is 0 Å². The van der Waals surface area contributed by atoms with Crippen molar-refractivity contribution in [3.05, 3.63) is 69.2 Å². The predicted molar refractivity (Wildman–Crippen MR) is 116 cm³/mol. The second-order valence-corrected chi connectivity index (χ2v) is 7.80. The van der Waals surface area contributed by atoms with Crippen LogP contribution in [-0.2, 0) is 0 Å². The number of hydrogen-bond donors (Lipinski definition) is 2. The highest BCUT2D eigenvalue weighted by Gasteiger charge is 2.18. The van der Waals surface area contributed by atoms with Gasteiger partial charge in [-0.15, -0.1) is 0 Å². The molecular formula is C23H25N5O. The molecule has 0 spiro atoms. The summed E-state index contributed by atoms with van der Waals surface area (Å²) in [6.45, 7) is 5.32. The summed E-state index contributed by atoms with van der Waals surface area (Å²) in [7, 11) is 0. The van der Waals surface area contributed by atoms with Crippen molar-refractivity contribution in [1.82, 2.24) is 25.0 Å². The van der Waals surface area contributed by atoms with Crippen molar-refractivity contribution in [2.45, 2.75) is 25.8 Å². The van der Waals surface area contributed by atoms with Crippen molar-refractivity contribution >= 4 is 23.1 Å². The van der Waals surface area contributed by atoms with Crippen molar-refractivity contribution in [1.29, 1.82) is 0 Å². The van der Waals surface area contributed by atoms with Crippen molar-refractivity contribution in [2.75, 3.05) is 19.6 Å². The Morgan fingerprint density at radius 3 is 2.86 bits per heavy atom. The summed E-state index contributed by atoms with van der Waals surface area (Å²) < 4.78 is 1.60. The Morgan fingerprint density at radius 1 is 1.17 bits per heavy atom. The summed E-state index contributed by atoms with van der Waals surface area (Å²) in [4.78, 5) is 20.0. The molecular weight excluding hydrogens is 362 g/mol. The van der Waals surface area contributed by atoms with E-state index in [4.69, 9.17) is 0 Å². The molecule has 1 saturated heterocycles. The van der Waals surface area contributed by atoms with Gasteiger partial charge in [0.05, 0.1) is 21.9 Å². The third-order valence-corrected chi connectivity index (χ3v) is 5.78. The highest BCUT2D eigenvalue weighted by Crippen LogP contribution is 2.16. The largest absolute Gasteiger partial charge is 0.372 e. The summed E-state index contributed by atoms with van der Waals surface area (Å²) in [5.41, 5.74) is 2.97. The lowest BCUT2D eigenvalue weighted by atomic mass is 10.1. The predicted octanol–water partition coefficient (Wildman–Crippen LogP) is 1.25. The fourth-order valence-electron chi connectivity index (χ4n) is 4.28. The lowest BCUT2D eigenvalue weighted by Crippen LogP contribution is -2.48. The highest BCUT2D eigenvalue weighted by molar-refractivity contribution is 5.79. The number of aromatic amines is 1. The summed E-state index contributed by atoms with van der Waals surface area (Å²) >= 11 is 0. The Balaban J connectivity index is 1.62. The van der Waals surface area contributed by atoms with E-state index in [0.717, 1.165) is 54.2 Å². The summed E-state index contributed by atoms with van der Waals surface area (Å²) in [5.74, 6) is 0. The molecule has 6 nitrogen and oxygen atoms in total. The van der Waals surface area contributed by atoms with Gasteiger partial charge >= 0.3 is 0 Å². The van der Waals surface area contributed by atoms with Gasteiger partial charge < -0.3 is 10.2 Å². The molecule has 2 aliphatic rings. The third kappa shape index (κ3) is 3.29. The molecule has 5 rings (SSSR count). The first-order valence-corrected chi connectivity index (χ1v) is 10.3. The van der Waals surface area contributed by atoms with Gasteiger partial charge in [0.15, 0.2) is 0 Å². The lowest BCUT2D eigenvalue weighted by Gasteiger charge is -2.35. The lowest BCUT2D eigenvalue weighted by molar-refractivity contribution is 0.250. The first-order chi connectivity index (χ1) is 14.2. The van der Waals surface area contributed by atoms with Crippen LogP contribution in [0.1, 0.15) is 19.8 Å². The summed E-state index contributed by atoms with van der Waals surface area (Å²) in [5, 5.41) is 9.35. The number of rotatable bonds is 2. The Hall–Kier alpha value is -3.12. The molecule has 0 saturated carbocycles. The minimum Gasteiger partial charge on any atom is -0.372 e. The maximum atomic E-state index is 12.9. The number of H-pyrrole nitrogens is 1. The quantitative estimate of drug-likeness (QED) is 0.695. The maximum Gasteiger partial charge on any atom is 0.280 e. The molecule has 1 aromatic carbocycles. The zero-order valence-electron chi connectivity index (χ0n) is 16.6. The molecule has 1 atom stereocenters. The third-order valence-electron chi connectivity index (χ3n) is 5.78. The van der Waals surface area contributed by atoms with Crippen LogP contribution in [0.15, 0.2) is 53.1 Å². The van der Waals surface area contributed by atoms with Gasteiger partial charge in [-0.05, 0) is 44.1 Å². The molecule has 1 fully saturated rings. The molecule has 6 heteroatoms. The molecule has 1 aliphatic heterocycles. The Bertz CT molecular complexity index is 1250. The minimum absolute atomic E-state index is 0.0667. The SMILES string of the molecule is CC1CN(/C2=C/C=c3/ncc4c(=O)n(-c5ccccc5)[nH]c4/c3=C\CC2)CCN1. The fraction of sp³-hybridized carbons (Fsp3) is 0.304. The standard InChI is InChI=1S/C23H25N5O/c1-16-15-27(13-12-24-16)17-8-5-9-19-21(11-10-17)25-14-20-22(19)26-28(23(20)29)18-6-3-2-4-7-18/h2-4,6-7,9-11,14,16,24,26H,5,8,12-13,15H2,1H3/b17-10+,19-9-,21-11+. The maximum absolute atomic E-state index is 12.9. The zero-order valence-corrected chi connectivity index (χ0v) is 16.6. The highest BCUT2D eigenvalue weighted by atomic mass is 16.1. The van der Waals surface area contributed by atoms with Crippen LogP contribution < -0.4 is 21.4 Å². The van der Waals surface area contributed by atoms with Crippen LogP contribution in [-0.4, -0.2) is 45.3 Å². The van der Waals surface area contributed by atoms with Crippen LogP contribution >= 0.6 is 0 Å². The van der Waals surface area contributed by atoms with E-state index in [1.807, 2.05) is 30.3 Å². The normalized spacial score (nSPS) is 23.7. The van der Waals surface area contributed by atoms with Gasteiger partial charge in [-0.1, -0.05) is 24.3 Å². The molecule has 3 aromatic rings. The molecule has 148 valence electrons. The second kappa shape index (κ2) is 7.37. The van der Waals surface area contributed by atoms with Crippen LogP contribution in [0, 0.1) is 0 Å². The van der Waals surface area contributed by atoms with Gasteiger partial charge in [0.2, 0.25) is 0 Å². The second-order valence-electron chi connectivity index (χ2n) is 7.80. The molecule has 0 amide bonds. The van der Waals surface area contributed by atoms with E-state index in [1.165, 1.54) is 5.70 Å². The fourth-order valence-corrected chi connectivity index (χ4v) is 4.28. The van der Waals surface area contributed by atoms with E-state index in [-0.39, 0.29) is 5.56 Å². The zero-order chi connectivity index (χ0) is 19.8. The number of nitrogens with one attached hydrogen (secondary N) is 2. The topological polar surface area (TPSA) is 66.0 Å². The van der Waals surface area contributed by atoms with Gasteiger partial charge in [0, 0.05) is 42.8 Å². The summed E-state index contributed by atoms with van der Waals surface area (Å²) in [6, 6.07) is 10.2. The van der Waals surface area contributed by atoms with Crippen LogP contribution in [0.5, 0.6) is 0 Å². The van der Waals surface area contributed by atoms with Gasteiger partial charge in [0.25, 0.3) is 5.56 Å². The van der Waals surface area contributed by atoms with Crippen molar-refractivity contribution in [2.24, 2.45) is 0 Å². The molecule has 29 heavy (non-hydrogen) atoms. The molecule has 2 N–H and O–H groups in total. The molecule has 1 aliphatic carbocycles. The Labute approximate surface area is 168 Å². The molecule has 0 bridgehead atoms. The average Bonchev–Trinajstić information content (AvgIpc) is 3.06. The number of piperazine rings is 1. The van der Waals surface area contributed by atoms with Crippen LogP contribution in [0.4, 0.5) is 0 Å². The Kier molecular flexibility index (Phi) is 4.56. The van der Waals surface area contributed by atoms with E-state index in [2.05, 4.69) is 45.5 Å². The number of para-hydroxylation sites is 1. The average molecular weight is 387 g/mol. The number of nitrogens with zero attached hydrogens (tertiary/aromatic N) is 3. The van der Waals surface area contributed by atoms with E-state index < -0.39 is 0 Å². The van der Waals surface area contributed by atoms with Crippen molar-refractivity contribution in [3.63, 3.8) is 0 Å². The monoisotopic (exact) mass is 387 g/mol. The number of benzene rings is 1. The van der Waals surface area contributed by atoms with Gasteiger partial charge in [-0.25, -0.2) is 4.68 Å². The van der Waals surface area contributed by atoms with Crippen molar-refractivity contribution in [3.8, 4) is 5.69 Å². The first-order valence-electron chi connectivity index (χ1n) is 10.3. The molecule has 1 unspecified atom stereocenters. The number of allylic oxidation sites excluding steroid dienone is 2. The smallest absolute Gasteiger partial charge is 0.280 e. The van der Waals surface area contributed by atoms with Crippen LogP contribution in [0.3, 0.4) is 0 Å². The van der Waals surface area contributed by atoms with E-state index in [0.29, 0.717) is 11.4 Å². The van der Waals surface area contributed by atoms with E-state index >= 15 is 0 Å². The van der Waals surface area contributed by atoms with Crippen LogP contribution in [0.2, 0.25) is 0 Å². The Morgan fingerprint density at radius 2 is 2.03 bits per heavy atom. The van der Waals surface area contributed by atoms with Crippen LogP contribution in [0.25, 0.3) is 28.7 Å². The minimum atomic E-state index is -0.0667. The number of fused-ring (bicyclic) bond motifs is 3. The number of aromatic nitrogens is 3. The van der Waals surface area contributed by atoms with Crippen molar-refractivity contribution < 1.29 is 0 Å².